The molecule has 2 rings (SSSR count). The molecule has 2 N–H and O–H groups in total. The van der Waals surface area contributed by atoms with Crippen LogP contribution in [0.25, 0.3) is 0 Å². The number of carbonyl (C=O) groups excluding carboxylic acids is 2. The zero-order chi connectivity index (χ0) is 16.1. The van der Waals surface area contributed by atoms with Crippen molar-refractivity contribution in [3.8, 4) is 0 Å². The van der Waals surface area contributed by atoms with E-state index in [1.165, 1.54) is 6.07 Å². The fourth-order valence-corrected chi connectivity index (χ4v) is 2.20. The van der Waals surface area contributed by atoms with Gasteiger partial charge >= 0.3 is 6.03 Å². The van der Waals surface area contributed by atoms with Gasteiger partial charge in [-0.05, 0) is 35.9 Å². The monoisotopic (exact) mass is 337 g/mol. The average molecular weight is 338 g/mol. The van der Waals surface area contributed by atoms with Crippen LogP contribution in [0.3, 0.4) is 0 Å². The highest BCUT2D eigenvalue weighted by atomic mass is 35.5. The molecule has 0 radical (unpaired) electrons. The number of halogens is 2. The summed E-state index contributed by atoms with van der Waals surface area (Å²) in [6.45, 7) is 0. The van der Waals surface area contributed by atoms with E-state index in [1.807, 2.05) is 0 Å². The second-order valence-electron chi connectivity index (χ2n) is 4.45. The van der Waals surface area contributed by atoms with Crippen LogP contribution >= 0.6 is 23.2 Å². The second kappa shape index (κ2) is 7.15. The Bertz CT molecular complexity index is 702. The maximum atomic E-state index is 11.9. The van der Waals surface area contributed by atoms with Gasteiger partial charge in [0.2, 0.25) is 0 Å². The Kier molecular flexibility index (Phi) is 5.25. The van der Waals surface area contributed by atoms with Crippen molar-refractivity contribution in [3.63, 3.8) is 0 Å². The first-order chi connectivity index (χ1) is 10.4. The predicted octanol–water partition coefficient (Wildman–Crippen LogP) is 2.93. The second-order valence-corrected chi connectivity index (χ2v) is 5.29. The van der Waals surface area contributed by atoms with Gasteiger partial charge in [-0.3, -0.25) is 0 Å². The molecule has 0 spiro atoms. The van der Waals surface area contributed by atoms with Gasteiger partial charge in [-0.2, -0.15) is 0 Å². The van der Waals surface area contributed by atoms with Gasteiger partial charge in [0.25, 0.3) is 0 Å². The van der Waals surface area contributed by atoms with Gasteiger partial charge in [0.1, 0.15) is 0 Å². The van der Waals surface area contributed by atoms with Gasteiger partial charge in [-0.15, -0.1) is 0 Å². The number of rotatable bonds is 4. The van der Waals surface area contributed by atoms with E-state index in [-0.39, 0.29) is 6.42 Å². The van der Waals surface area contributed by atoms with E-state index in [0.717, 1.165) is 0 Å². The minimum atomic E-state index is -1.16. The number of anilines is 2. The van der Waals surface area contributed by atoms with Gasteiger partial charge in [0.05, 0.1) is 10.7 Å². The number of hydrogen-bond donors (Lipinski definition) is 2. The Morgan fingerprint density at radius 1 is 1.00 bits per heavy atom. The molecule has 0 atom stereocenters. The van der Waals surface area contributed by atoms with E-state index in [4.69, 9.17) is 23.2 Å². The summed E-state index contributed by atoms with van der Waals surface area (Å²) in [7, 11) is 0. The number of urea groups is 1. The van der Waals surface area contributed by atoms with Crippen LogP contribution in [-0.2, 0) is 11.2 Å². The predicted molar refractivity (Wildman–Crippen MR) is 84.3 cm³/mol. The molecular weight excluding hydrogens is 327 g/mol. The first-order valence-corrected chi connectivity index (χ1v) is 7.01. The lowest BCUT2D eigenvalue weighted by Gasteiger charge is -2.10. The molecule has 0 aromatic heterocycles. The molecule has 2 aromatic rings. The molecule has 0 saturated heterocycles. The molecule has 22 heavy (non-hydrogen) atoms. The first-order valence-electron chi connectivity index (χ1n) is 6.26. The van der Waals surface area contributed by atoms with Crippen molar-refractivity contribution < 1.29 is 14.7 Å². The van der Waals surface area contributed by atoms with Crippen molar-refractivity contribution >= 4 is 46.6 Å². The summed E-state index contributed by atoms with van der Waals surface area (Å²) in [6.07, 6.45) is -0.174. The number of aliphatic carboxylic acids is 1. The van der Waals surface area contributed by atoms with Crippen LogP contribution in [-0.4, -0.2) is 12.0 Å². The smallest absolute Gasteiger partial charge is 0.323 e. The van der Waals surface area contributed by atoms with Crippen LogP contribution in [0.2, 0.25) is 10.0 Å². The van der Waals surface area contributed by atoms with Crippen LogP contribution in [0.1, 0.15) is 5.56 Å². The van der Waals surface area contributed by atoms with Crippen molar-refractivity contribution in [2.45, 2.75) is 6.42 Å². The van der Waals surface area contributed by atoms with Crippen molar-refractivity contribution in [1.82, 2.24) is 0 Å². The molecule has 0 unspecified atom stereocenters. The summed E-state index contributed by atoms with van der Waals surface area (Å²) in [5.41, 5.74) is 1.54. The lowest BCUT2D eigenvalue weighted by Crippen LogP contribution is -2.24. The maximum absolute atomic E-state index is 11.9. The Hall–Kier alpha value is -2.24. The lowest BCUT2D eigenvalue weighted by atomic mass is 10.1. The number of amides is 2. The Morgan fingerprint density at radius 2 is 1.68 bits per heavy atom. The summed E-state index contributed by atoms with van der Waals surface area (Å²) in [4.78, 5) is 22.3. The van der Waals surface area contributed by atoms with Crippen LogP contribution < -0.4 is 15.7 Å². The highest BCUT2D eigenvalue weighted by molar-refractivity contribution is 6.36. The Labute approximate surface area is 136 Å². The van der Waals surface area contributed by atoms with E-state index >= 15 is 0 Å². The lowest BCUT2D eigenvalue weighted by molar-refractivity contribution is -0.304. The van der Waals surface area contributed by atoms with Gasteiger partial charge in [0, 0.05) is 23.1 Å². The highest BCUT2D eigenvalue weighted by Crippen LogP contribution is 2.25. The topological polar surface area (TPSA) is 81.3 Å². The number of carboxylic acid groups (broad SMARTS) is 1. The van der Waals surface area contributed by atoms with E-state index in [1.54, 1.807) is 36.4 Å². The van der Waals surface area contributed by atoms with Crippen LogP contribution in [0.4, 0.5) is 16.2 Å². The number of carbonyl (C=O) groups is 2. The van der Waals surface area contributed by atoms with Crippen molar-refractivity contribution in [2.75, 3.05) is 10.6 Å². The Balaban J connectivity index is 1.98. The van der Waals surface area contributed by atoms with Crippen LogP contribution in [0.15, 0.2) is 42.5 Å². The van der Waals surface area contributed by atoms with E-state index < -0.39 is 12.0 Å². The minimum Gasteiger partial charge on any atom is -0.550 e. The van der Waals surface area contributed by atoms with E-state index in [9.17, 15) is 14.7 Å². The highest BCUT2D eigenvalue weighted by Gasteiger charge is 2.06. The fraction of sp³-hybridized carbons (Fsp3) is 0.0667. The van der Waals surface area contributed by atoms with Gasteiger partial charge in [0.15, 0.2) is 0 Å². The normalized spacial score (nSPS) is 10.1. The third-order valence-corrected chi connectivity index (χ3v) is 3.29. The number of nitrogens with one attached hydrogen (secondary N) is 2. The standard InChI is InChI=1S/C15H12Cl2N2O3/c16-10-3-6-13(12(17)8-10)19-15(22)18-11-4-1-9(2-5-11)7-14(20)21/h1-6,8H,7H2,(H,20,21)(H2,18,19,22)/p-1. The van der Waals surface area contributed by atoms with Crippen molar-refractivity contribution in [3.05, 3.63) is 58.1 Å². The van der Waals surface area contributed by atoms with Crippen LogP contribution in [0.5, 0.6) is 0 Å². The molecule has 0 aliphatic rings. The zero-order valence-corrected chi connectivity index (χ0v) is 12.7. The van der Waals surface area contributed by atoms with Crippen LogP contribution in [0, 0.1) is 0 Å². The van der Waals surface area contributed by atoms with E-state index in [0.29, 0.717) is 27.0 Å². The van der Waals surface area contributed by atoms with Crippen molar-refractivity contribution in [1.29, 1.82) is 0 Å². The molecule has 0 fully saturated rings. The number of carboxylic acids is 1. The Morgan fingerprint density at radius 3 is 2.27 bits per heavy atom. The number of benzene rings is 2. The SMILES string of the molecule is O=C([O-])Cc1ccc(NC(=O)Nc2ccc(Cl)cc2Cl)cc1. The van der Waals surface area contributed by atoms with Gasteiger partial charge < -0.3 is 20.5 Å². The molecule has 0 aliphatic heterocycles. The molecule has 5 nitrogen and oxygen atoms in total. The first kappa shape index (κ1) is 16.1. The molecule has 114 valence electrons. The summed E-state index contributed by atoms with van der Waals surface area (Å²) < 4.78 is 0. The van der Waals surface area contributed by atoms with Crippen molar-refractivity contribution in [2.24, 2.45) is 0 Å². The third-order valence-electron chi connectivity index (χ3n) is 2.74. The number of hydrogen-bond acceptors (Lipinski definition) is 3. The third kappa shape index (κ3) is 4.65. The average Bonchev–Trinajstić information content (AvgIpc) is 2.43. The maximum Gasteiger partial charge on any atom is 0.323 e. The summed E-state index contributed by atoms with van der Waals surface area (Å²) in [5, 5.41) is 16.5. The molecule has 0 heterocycles. The minimum absolute atomic E-state index is 0.174. The molecule has 7 heteroatoms. The molecule has 2 amide bonds. The quantitative estimate of drug-likeness (QED) is 0.899. The summed E-state index contributed by atoms with van der Waals surface area (Å²) in [5.74, 6) is -1.16. The van der Waals surface area contributed by atoms with Gasteiger partial charge in [-0.1, -0.05) is 35.3 Å². The summed E-state index contributed by atoms with van der Waals surface area (Å²) in [6, 6.07) is 10.6. The molecule has 2 aromatic carbocycles. The largest absolute Gasteiger partial charge is 0.550 e. The molecule has 0 aliphatic carbocycles. The molecular formula is C15H11Cl2N2O3-. The summed E-state index contributed by atoms with van der Waals surface area (Å²) >= 11 is 11.7. The zero-order valence-electron chi connectivity index (χ0n) is 11.2. The fourth-order valence-electron chi connectivity index (χ4n) is 1.75. The van der Waals surface area contributed by atoms with E-state index in [2.05, 4.69) is 10.6 Å². The molecule has 0 saturated carbocycles. The molecule has 0 bridgehead atoms. The van der Waals surface area contributed by atoms with Gasteiger partial charge in [-0.25, -0.2) is 4.79 Å².